The molecule has 3 rings (SSSR count). The monoisotopic (exact) mass is 346 g/mol. The van der Waals surface area contributed by atoms with E-state index >= 15 is 0 Å². The van der Waals surface area contributed by atoms with Crippen LogP contribution in [0.3, 0.4) is 0 Å². The molecule has 20 heavy (non-hydrogen) atoms. The second kappa shape index (κ2) is 5.81. The standard InChI is InChI=1S/C16H12BrClN2/c17-16(12-6-8-14(18)9-7-12)13-10-19-20(11-13)15-4-2-1-3-5-15/h1-11,16H. The number of hydrogen-bond acceptors (Lipinski definition) is 1. The van der Waals surface area contributed by atoms with Crippen LogP contribution in [0.1, 0.15) is 16.0 Å². The number of hydrogen-bond donors (Lipinski definition) is 0. The lowest BCUT2D eigenvalue weighted by Crippen LogP contribution is -1.93. The van der Waals surface area contributed by atoms with E-state index in [1.165, 1.54) is 0 Å². The summed E-state index contributed by atoms with van der Waals surface area (Å²) < 4.78 is 1.87. The molecule has 100 valence electrons. The number of benzene rings is 2. The fourth-order valence-corrected chi connectivity index (χ4v) is 2.68. The maximum Gasteiger partial charge on any atom is 0.0675 e. The van der Waals surface area contributed by atoms with Crippen LogP contribution in [0.5, 0.6) is 0 Å². The van der Waals surface area contributed by atoms with Crippen LogP contribution in [0, 0.1) is 0 Å². The molecule has 0 aliphatic carbocycles. The number of halogens is 2. The van der Waals surface area contributed by atoms with Crippen molar-refractivity contribution in [2.24, 2.45) is 0 Å². The molecule has 3 aromatic rings. The minimum atomic E-state index is 0.109. The van der Waals surface area contributed by atoms with Gasteiger partial charge in [0.2, 0.25) is 0 Å². The molecule has 4 heteroatoms. The smallest absolute Gasteiger partial charge is 0.0675 e. The Morgan fingerprint density at radius 3 is 2.35 bits per heavy atom. The van der Waals surface area contributed by atoms with Gasteiger partial charge in [0.25, 0.3) is 0 Å². The summed E-state index contributed by atoms with van der Waals surface area (Å²) in [4.78, 5) is 0.109. The first-order valence-corrected chi connectivity index (χ1v) is 7.53. The van der Waals surface area contributed by atoms with Crippen LogP contribution in [0.2, 0.25) is 5.02 Å². The molecule has 0 saturated heterocycles. The molecular formula is C16H12BrClN2. The van der Waals surface area contributed by atoms with Gasteiger partial charge >= 0.3 is 0 Å². The van der Waals surface area contributed by atoms with E-state index < -0.39 is 0 Å². The van der Waals surface area contributed by atoms with Crippen molar-refractivity contribution in [1.29, 1.82) is 0 Å². The summed E-state index contributed by atoms with van der Waals surface area (Å²) in [6.45, 7) is 0. The molecule has 0 aliphatic rings. The Balaban J connectivity index is 1.88. The Bertz CT molecular complexity index is 692. The third-order valence-corrected chi connectivity index (χ3v) is 4.39. The van der Waals surface area contributed by atoms with E-state index in [0.717, 1.165) is 21.8 Å². The Morgan fingerprint density at radius 1 is 0.950 bits per heavy atom. The van der Waals surface area contributed by atoms with Gasteiger partial charge in [-0.25, -0.2) is 4.68 Å². The second-order valence-electron chi connectivity index (χ2n) is 4.47. The second-order valence-corrected chi connectivity index (χ2v) is 5.82. The van der Waals surface area contributed by atoms with Crippen LogP contribution >= 0.6 is 27.5 Å². The molecule has 1 atom stereocenters. The summed E-state index contributed by atoms with van der Waals surface area (Å²) in [7, 11) is 0. The molecule has 0 fully saturated rings. The van der Waals surface area contributed by atoms with Crippen molar-refractivity contribution in [3.8, 4) is 5.69 Å². The molecule has 0 bridgehead atoms. The Labute approximate surface area is 131 Å². The highest BCUT2D eigenvalue weighted by molar-refractivity contribution is 9.09. The van der Waals surface area contributed by atoms with Gasteiger partial charge in [-0.05, 0) is 29.8 Å². The molecule has 0 saturated carbocycles. The summed E-state index contributed by atoms with van der Waals surface area (Å²) in [5, 5.41) is 5.16. The highest BCUT2D eigenvalue weighted by Crippen LogP contribution is 2.31. The van der Waals surface area contributed by atoms with Crippen molar-refractivity contribution < 1.29 is 0 Å². The zero-order valence-electron chi connectivity index (χ0n) is 10.6. The van der Waals surface area contributed by atoms with Gasteiger partial charge < -0.3 is 0 Å². The summed E-state index contributed by atoms with van der Waals surface area (Å²) in [6.07, 6.45) is 3.91. The van der Waals surface area contributed by atoms with E-state index in [2.05, 4.69) is 21.0 Å². The van der Waals surface area contributed by atoms with E-state index in [4.69, 9.17) is 11.6 Å². The van der Waals surface area contributed by atoms with Crippen LogP contribution < -0.4 is 0 Å². The normalized spacial score (nSPS) is 12.3. The number of para-hydroxylation sites is 1. The van der Waals surface area contributed by atoms with Crippen LogP contribution in [0.25, 0.3) is 5.69 Å². The SMILES string of the molecule is Clc1ccc(C(Br)c2cnn(-c3ccccc3)c2)cc1. The predicted molar refractivity (Wildman–Crippen MR) is 85.8 cm³/mol. The van der Waals surface area contributed by atoms with Gasteiger partial charge in [-0.1, -0.05) is 57.9 Å². The Kier molecular flexibility index (Phi) is 3.90. The Morgan fingerprint density at radius 2 is 1.65 bits per heavy atom. The summed E-state index contributed by atoms with van der Waals surface area (Å²) in [5.74, 6) is 0. The molecule has 0 spiro atoms. The third kappa shape index (κ3) is 2.79. The van der Waals surface area contributed by atoms with Gasteiger partial charge in [-0.2, -0.15) is 5.10 Å². The summed E-state index contributed by atoms with van der Waals surface area (Å²) in [5.41, 5.74) is 3.31. The molecule has 0 amide bonds. The minimum Gasteiger partial charge on any atom is -0.241 e. The van der Waals surface area contributed by atoms with Crippen molar-refractivity contribution in [3.63, 3.8) is 0 Å². The molecule has 1 heterocycles. The summed E-state index contributed by atoms with van der Waals surface area (Å²) in [6, 6.07) is 17.9. The largest absolute Gasteiger partial charge is 0.241 e. The average molecular weight is 348 g/mol. The van der Waals surface area contributed by atoms with Gasteiger partial charge in [0, 0.05) is 16.8 Å². The Hall–Kier alpha value is -1.58. The molecule has 2 nitrogen and oxygen atoms in total. The topological polar surface area (TPSA) is 17.8 Å². The van der Waals surface area contributed by atoms with Gasteiger partial charge in [0.1, 0.15) is 0 Å². The lowest BCUT2D eigenvalue weighted by atomic mass is 10.1. The lowest BCUT2D eigenvalue weighted by molar-refractivity contribution is 0.880. The third-order valence-electron chi connectivity index (χ3n) is 3.08. The van der Waals surface area contributed by atoms with E-state index in [1.807, 2.05) is 71.7 Å². The van der Waals surface area contributed by atoms with Crippen molar-refractivity contribution in [3.05, 3.63) is 83.1 Å². The fourth-order valence-electron chi connectivity index (χ4n) is 2.01. The fraction of sp³-hybridized carbons (Fsp3) is 0.0625. The first kappa shape index (κ1) is 13.4. The predicted octanol–water partition coefficient (Wildman–Crippen LogP) is 5.01. The van der Waals surface area contributed by atoms with Crippen molar-refractivity contribution in [2.45, 2.75) is 4.83 Å². The number of alkyl halides is 1. The molecule has 2 aromatic carbocycles. The number of rotatable bonds is 3. The van der Waals surface area contributed by atoms with Crippen molar-refractivity contribution in [1.82, 2.24) is 9.78 Å². The summed E-state index contributed by atoms with van der Waals surface area (Å²) >= 11 is 9.62. The number of aromatic nitrogens is 2. The van der Waals surface area contributed by atoms with E-state index in [1.54, 1.807) is 0 Å². The lowest BCUT2D eigenvalue weighted by Gasteiger charge is -2.07. The minimum absolute atomic E-state index is 0.109. The van der Waals surface area contributed by atoms with Gasteiger partial charge in [-0.15, -0.1) is 0 Å². The first-order chi connectivity index (χ1) is 9.74. The van der Waals surface area contributed by atoms with Crippen LogP contribution in [-0.4, -0.2) is 9.78 Å². The van der Waals surface area contributed by atoms with E-state index in [-0.39, 0.29) is 4.83 Å². The van der Waals surface area contributed by atoms with Crippen LogP contribution in [0.4, 0.5) is 0 Å². The molecule has 0 N–H and O–H groups in total. The van der Waals surface area contributed by atoms with Crippen molar-refractivity contribution in [2.75, 3.05) is 0 Å². The maximum absolute atomic E-state index is 5.91. The van der Waals surface area contributed by atoms with E-state index in [0.29, 0.717) is 0 Å². The average Bonchev–Trinajstić information content (AvgIpc) is 2.98. The number of nitrogens with zero attached hydrogens (tertiary/aromatic N) is 2. The molecule has 1 unspecified atom stereocenters. The van der Waals surface area contributed by atoms with Gasteiger partial charge in [0.15, 0.2) is 0 Å². The zero-order chi connectivity index (χ0) is 13.9. The zero-order valence-corrected chi connectivity index (χ0v) is 12.9. The quantitative estimate of drug-likeness (QED) is 0.609. The van der Waals surface area contributed by atoms with Crippen LogP contribution in [0.15, 0.2) is 67.0 Å². The molecule has 1 aromatic heterocycles. The van der Waals surface area contributed by atoms with Crippen molar-refractivity contribution >= 4 is 27.5 Å². The van der Waals surface area contributed by atoms with Gasteiger partial charge in [-0.3, -0.25) is 0 Å². The van der Waals surface area contributed by atoms with E-state index in [9.17, 15) is 0 Å². The highest BCUT2D eigenvalue weighted by atomic mass is 79.9. The molecule has 0 radical (unpaired) electrons. The molecular weight excluding hydrogens is 336 g/mol. The maximum atomic E-state index is 5.91. The highest BCUT2D eigenvalue weighted by Gasteiger charge is 2.12. The van der Waals surface area contributed by atoms with Crippen LogP contribution in [-0.2, 0) is 0 Å². The van der Waals surface area contributed by atoms with Gasteiger partial charge in [0.05, 0.1) is 16.7 Å². The first-order valence-electron chi connectivity index (χ1n) is 6.23. The molecule has 0 aliphatic heterocycles.